The summed E-state index contributed by atoms with van der Waals surface area (Å²) < 4.78 is 5.64. The lowest BCUT2D eigenvalue weighted by Crippen LogP contribution is -2.04. The third kappa shape index (κ3) is 3.23. The Kier molecular flexibility index (Phi) is 5.39. The van der Waals surface area contributed by atoms with Gasteiger partial charge in [0.25, 0.3) is 0 Å². The Labute approximate surface area is 146 Å². The SMILES string of the molecule is CNc1c(/C(OC)=C(/C(C)=N)c2cccc(Cl)c2Cl)c[nH]c1C. The third-order valence-corrected chi connectivity index (χ3v) is 4.42. The quantitative estimate of drug-likeness (QED) is 0.510. The molecule has 0 saturated carbocycles. The number of rotatable bonds is 5. The van der Waals surface area contributed by atoms with Gasteiger partial charge in [-0.2, -0.15) is 0 Å². The van der Waals surface area contributed by atoms with Crippen molar-refractivity contribution in [3.8, 4) is 0 Å². The average Bonchev–Trinajstić information content (AvgIpc) is 2.88. The topological polar surface area (TPSA) is 60.9 Å². The lowest BCUT2D eigenvalue weighted by molar-refractivity contribution is 0.372. The molecule has 2 rings (SSSR count). The second-order valence-electron chi connectivity index (χ2n) is 5.09. The fourth-order valence-electron chi connectivity index (χ4n) is 2.57. The van der Waals surface area contributed by atoms with Crippen molar-refractivity contribution in [1.29, 1.82) is 5.41 Å². The minimum Gasteiger partial charge on any atom is -0.495 e. The van der Waals surface area contributed by atoms with Gasteiger partial charge in [0.1, 0.15) is 5.76 Å². The highest BCUT2D eigenvalue weighted by molar-refractivity contribution is 6.44. The number of halogens is 2. The number of allylic oxidation sites excluding steroid dienone is 1. The number of aromatic nitrogens is 1. The minimum absolute atomic E-state index is 0.340. The number of methoxy groups -OCH3 is 1. The van der Waals surface area contributed by atoms with Gasteiger partial charge in [0, 0.05) is 35.8 Å². The summed E-state index contributed by atoms with van der Waals surface area (Å²) in [6.07, 6.45) is 1.85. The highest BCUT2D eigenvalue weighted by Gasteiger charge is 2.21. The van der Waals surface area contributed by atoms with Crippen LogP contribution < -0.4 is 5.32 Å². The first kappa shape index (κ1) is 17.4. The lowest BCUT2D eigenvalue weighted by atomic mass is 9.97. The second kappa shape index (κ2) is 7.11. The fraction of sp³-hybridized carbons (Fsp3) is 0.235. The summed E-state index contributed by atoms with van der Waals surface area (Å²) in [5.74, 6) is 0.565. The molecule has 4 nitrogen and oxygen atoms in total. The van der Waals surface area contributed by atoms with Gasteiger partial charge in [0.2, 0.25) is 0 Å². The molecule has 1 heterocycles. The molecular formula is C17H19Cl2N3O. The number of hydrogen-bond acceptors (Lipinski definition) is 3. The Hall–Kier alpha value is -1.91. The molecule has 0 radical (unpaired) electrons. The summed E-state index contributed by atoms with van der Waals surface area (Å²) in [5.41, 5.74) is 4.35. The summed E-state index contributed by atoms with van der Waals surface area (Å²) in [4.78, 5) is 3.17. The van der Waals surface area contributed by atoms with Gasteiger partial charge in [-0.25, -0.2) is 0 Å². The lowest BCUT2D eigenvalue weighted by Gasteiger charge is -2.16. The number of hydrogen-bond donors (Lipinski definition) is 3. The number of aromatic amines is 1. The van der Waals surface area contributed by atoms with Crippen molar-refractivity contribution in [3.05, 3.63) is 51.3 Å². The van der Waals surface area contributed by atoms with Crippen LogP contribution in [0.3, 0.4) is 0 Å². The Bertz CT molecular complexity index is 778. The predicted molar refractivity (Wildman–Crippen MR) is 98.8 cm³/mol. The van der Waals surface area contributed by atoms with Gasteiger partial charge < -0.3 is 20.4 Å². The van der Waals surface area contributed by atoms with Gasteiger partial charge in [0.15, 0.2) is 0 Å². The Morgan fingerprint density at radius 2 is 1.96 bits per heavy atom. The number of nitrogens with one attached hydrogen (secondary N) is 3. The van der Waals surface area contributed by atoms with E-state index in [2.05, 4.69) is 10.3 Å². The molecule has 0 bridgehead atoms. The van der Waals surface area contributed by atoms with Crippen LogP contribution in [0.1, 0.15) is 23.7 Å². The monoisotopic (exact) mass is 351 g/mol. The molecule has 0 aliphatic heterocycles. The van der Waals surface area contributed by atoms with Gasteiger partial charge in [0.05, 0.1) is 28.4 Å². The maximum absolute atomic E-state index is 8.20. The molecule has 122 valence electrons. The van der Waals surface area contributed by atoms with E-state index in [0.717, 1.165) is 16.9 Å². The van der Waals surface area contributed by atoms with Crippen molar-refractivity contribution >= 4 is 45.9 Å². The van der Waals surface area contributed by atoms with E-state index in [-0.39, 0.29) is 0 Å². The van der Waals surface area contributed by atoms with E-state index in [0.29, 0.717) is 32.7 Å². The van der Waals surface area contributed by atoms with Crippen LogP contribution >= 0.6 is 23.2 Å². The van der Waals surface area contributed by atoms with Gasteiger partial charge in [-0.15, -0.1) is 0 Å². The molecule has 0 atom stereocenters. The normalized spacial score (nSPS) is 11.9. The number of H-pyrrole nitrogens is 1. The average molecular weight is 352 g/mol. The third-order valence-electron chi connectivity index (χ3n) is 3.60. The largest absolute Gasteiger partial charge is 0.495 e. The van der Waals surface area contributed by atoms with Crippen LogP contribution in [0.25, 0.3) is 11.3 Å². The molecule has 23 heavy (non-hydrogen) atoms. The molecule has 0 saturated heterocycles. The van der Waals surface area contributed by atoms with Crippen molar-refractivity contribution < 1.29 is 4.74 Å². The molecule has 3 N–H and O–H groups in total. The van der Waals surface area contributed by atoms with Crippen molar-refractivity contribution in [1.82, 2.24) is 4.98 Å². The summed E-state index contributed by atoms with van der Waals surface area (Å²) in [7, 11) is 3.43. The number of aryl methyl sites for hydroxylation is 1. The van der Waals surface area contributed by atoms with E-state index in [1.807, 2.05) is 26.2 Å². The van der Waals surface area contributed by atoms with E-state index < -0.39 is 0 Å². The summed E-state index contributed by atoms with van der Waals surface area (Å²) in [6.45, 7) is 3.66. The van der Waals surface area contributed by atoms with Gasteiger partial charge in [-0.3, -0.25) is 0 Å². The smallest absolute Gasteiger partial charge is 0.139 e. The summed E-state index contributed by atoms with van der Waals surface area (Å²) in [6, 6.07) is 5.36. The Balaban J connectivity index is 2.81. The molecule has 6 heteroatoms. The Morgan fingerprint density at radius 1 is 1.26 bits per heavy atom. The van der Waals surface area contributed by atoms with E-state index in [1.54, 1.807) is 26.2 Å². The maximum Gasteiger partial charge on any atom is 0.139 e. The molecule has 0 amide bonds. The predicted octanol–water partition coefficient (Wildman–Crippen LogP) is 5.23. The molecule has 0 spiro atoms. The van der Waals surface area contributed by atoms with Crippen LogP contribution in [0, 0.1) is 12.3 Å². The number of anilines is 1. The van der Waals surface area contributed by atoms with E-state index in [4.69, 9.17) is 33.3 Å². The highest BCUT2D eigenvalue weighted by Crippen LogP contribution is 2.38. The molecule has 1 aromatic heterocycles. The van der Waals surface area contributed by atoms with Gasteiger partial charge in [-0.05, 0) is 19.9 Å². The summed E-state index contributed by atoms with van der Waals surface area (Å²) >= 11 is 12.5. The van der Waals surface area contributed by atoms with Crippen LogP contribution in [0.4, 0.5) is 5.69 Å². The zero-order valence-electron chi connectivity index (χ0n) is 13.5. The van der Waals surface area contributed by atoms with Crippen LogP contribution in [-0.2, 0) is 4.74 Å². The van der Waals surface area contributed by atoms with Crippen LogP contribution in [0.15, 0.2) is 24.4 Å². The van der Waals surface area contributed by atoms with E-state index in [9.17, 15) is 0 Å². The van der Waals surface area contributed by atoms with E-state index in [1.165, 1.54) is 0 Å². The molecule has 0 unspecified atom stereocenters. The number of benzene rings is 1. The molecule has 2 aromatic rings. The van der Waals surface area contributed by atoms with Crippen molar-refractivity contribution in [3.63, 3.8) is 0 Å². The molecular weight excluding hydrogens is 333 g/mol. The first-order valence-corrected chi connectivity index (χ1v) is 7.82. The van der Waals surface area contributed by atoms with Gasteiger partial charge in [-0.1, -0.05) is 35.3 Å². The van der Waals surface area contributed by atoms with Crippen molar-refractivity contribution in [2.75, 3.05) is 19.5 Å². The first-order chi connectivity index (χ1) is 10.9. The van der Waals surface area contributed by atoms with Crippen LogP contribution in [0.2, 0.25) is 10.0 Å². The van der Waals surface area contributed by atoms with E-state index >= 15 is 0 Å². The Morgan fingerprint density at radius 3 is 2.52 bits per heavy atom. The molecule has 0 aliphatic carbocycles. The second-order valence-corrected chi connectivity index (χ2v) is 5.87. The maximum atomic E-state index is 8.20. The standard InChI is InChI=1S/C17H19Cl2N3O/c1-9(20)14(11-6-5-7-13(18)15(11)19)17(23-4)12-8-22-10(2)16(12)21-3/h5-8,20-22H,1-4H3/b17-14+,20-9?. The molecule has 1 aromatic carbocycles. The minimum atomic E-state index is 0.340. The van der Waals surface area contributed by atoms with Crippen LogP contribution in [0.5, 0.6) is 0 Å². The fourth-order valence-corrected chi connectivity index (χ4v) is 2.96. The molecule has 0 fully saturated rings. The highest BCUT2D eigenvalue weighted by atomic mass is 35.5. The zero-order chi connectivity index (χ0) is 17.1. The van der Waals surface area contributed by atoms with Crippen molar-refractivity contribution in [2.24, 2.45) is 0 Å². The molecule has 0 aliphatic rings. The van der Waals surface area contributed by atoms with Crippen molar-refractivity contribution in [2.45, 2.75) is 13.8 Å². The number of ether oxygens (including phenoxy) is 1. The van der Waals surface area contributed by atoms with Crippen LogP contribution in [-0.4, -0.2) is 24.9 Å². The van der Waals surface area contributed by atoms with Gasteiger partial charge >= 0.3 is 0 Å². The zero-order valence-corrected chi connectivity index (χ0v) is 15.0. The first-order valence-electron chi connectivity index (χ1n) is 7.06. The summed E-state index contributed by atoms with van der Waals surface area (Å²) in [5, 5.41) is 12.2.